The lowest BCUT2D eigenvalue weighted by Crippen LogP contribution is -2.14. The summed E-state index contributed by atoms with van der Waals surface area (Å²) in [6.07, 6.45) is 1.35. The maximum Gasteiger partial charge on any atom is 0.305 e. The number of carbonyl (C=O) groups is 2. The molecule has 0 saturated heterocycles. The highest BCUT2D eigenvalue weighted by Crippen LogP contribution is 2.29. The van der Waals surface area contributed by atoms with Crippen LogP contribution < -0.4 is 5.32 Å². The van der Waals surface area contributed by atoms with E-state index in [1.54, 1.807) is 22.8 Å². The Morgan fingerprint density at radius 3 is 2.23 bits per heavy atom. The van der Waals surface area contributed by atoms with Crippen molar-refractivity contribution >= 4 is 40.0 Å². The van der Waals surface area contributed by atoms with E-state index in [2.05, 4.69) is 10.3 Å². The minimum absolute atomic E-state index is 0.167. The summed E-state index contributed by atoms with van der Waals surface area (Å²) in [5.74, 6) is -1.75. The van der Waals surface area contributed by atoms with Gasteiger partial charge in [0.1, 0.15) is 0 Å². The van der Waals surface area contributed by atoms with Gasteiger partial charge in [0.2, 0.25) is 0 Å². The molecule has 2 N–H and O–H groups in total. The zero-order valence-corrected chi connectivity index (χ0v) is 17.9. The number of rotatable bonds is 8. The van der Waals surface area contributed by atoms with Crippen molar-refractivity contribution in [2.75, 3.05) is 5.32 Å². The first-order valence-electron chi connectivity index (χ1n) is 10.2. The number of carbonyl (C=O) groups excluding carboxylic acids is 1. The number of nitro benzene ring substituents is 2. The standard InChI is InChI=1S/C23H17N5O7/c29-22(30)12-21(14-4-2-1-3-5-14)26-13-24-19-10-16(6-7-20(19)26)25-23(31)15-8-17(27(32)33)11-18(9-15)28(34)35/h1-11,13,21H,12H2,(H,25,31)(H,29,30). The van der Waals surface area contributed by atoms with Crippen molar-refractivity contribution in [2.45, 2.75) is 12.5 Å². The number of nitrogens with one attached hydrogen (secondary N) is 1. The quantitative estimate of drug-likeness (QED) is 0.282. The van der Waals surface area contributed by atoms with E-state index in [-0.39, 0.29) is 12.0 Å². The molecular formula is C23H17N5O7. The second kappa shape index (κ2) is 9.39. The normalized spacial score (nSPS) is 11.7. The van der Waals surface area contributed by atoms with E-state index < -0.39 is 39.1 Å². The number of carboxylic acids is 1. The summed E-state index contributed by atoms with van der Waals surface area (Å²) in [5, 5.41) is 34.1. The zero-order valence-electron chi connectivity index (χ0n) is 17.9. The van der Waals surface area contributed by atoms with Gasteiger partial charge in [-0.25, -0.2) is 4.98 Å². The molecule has 0 aliphatic carbocycles. The van der Waals surface area contributed by atoms with Crippen LogP contribution in [0.1, 0.15) is 28.4 Å². The molecule has 35 heavy (non-hydrogen) atoms. The van der Waals surface area contributed by atoms with E-state index in [1.165, 1.54) is 6.33 Å². The second-order valence-electron chi connectivity index (χ2n) is 7.59. The molecule has 1 unspecified atom stereocenters. The second-order valence-corrected chi connectivity index (χ2v) is 7.59. The maximum absolute atomic E-state index is 12.7. The van der Waals surface area contributed by atoms with Crippen LogP contribution in [0.4, 0.5) is 17.1 Å². The lowest BCUT2D eigenvalue weighted by atomic mass is 10.0. The number of aromatic nitrogens is 2. The summed E-state index contributed by atoms with van der Waals surface area (Å²) >= 11 is 0. The van der Waals surface area contributed by atoms with Gasteiger partial charge in [0.15, 0.2) is 0 Å². The molecule has 0 radical (unpaired) electrons. The maximum atomic E-state index is 12.7. The van der Waals surface area contributed by atoms with Crippen LogP contribution in [0.25, 0.3) is 11.0 Å². The van der Waals surface area contributed by atoms with Crippen molar-refractivity contribution in [1.82, 2.24) is 9.55 Å². The number of carboxylic acid groups (broad SMARTS) is 1. The van der Waals surface area contributed by atoms with Crippen molar-refractivity contribution in [3.8, 4) is 0 Å². The highest BCUT2D eigenvalue weighted by molar-refractivity contribution is 6.05. The fraction of sp³-hybridized carbons (Fsp3) is 0.0870. The number of fused-ring (bicyclic) bond motifs is 1. The van der Waals surface area contributed by atoms with Crippen LogP contribution in [0.15, 0.2) is 73.1 Å². The Bertz CT molecular complexity index is 1430. The summed E-state index contributed by atoms with van der Waals surface area (Å²) in [7, 11) is 0. The van der Waals surface area contributed by atoms with Gasteiger partial charge in [-0.3, -0.25) is 29.8 Å². The zero-order chi connectivity index (χ0) is 25.1. The average molecular weight is 475 g/mol. The predicted octanol–water partition coefficient (Wildman–Crippen LogP) is 4.17. The molecule has 12 heteroatoms. The number of nitrogens with zero attached hydrogens (tertiary/aromatic N) is 4. The molecule has 1 heterocycles. The van der Waals surface area contributed by atoms with Gasteiger partial charge in [-0.1, -0.05) is 30.3 Å². The first-order chi connectivity index (χ1) is 16.7. The molecule has 176 valence electrons. The third-order valence-corrected chi connectivity index (χ3v) is 5.31. The Balaban J connectivity index is 1.64. The van der Waals surface area contributed by atoms with Gasteiger partial charge in [0.25, 0.3) is 17.3 Å². The highest BCUT2D eigenvalue weighted by atomic mass is 16.6. The van der Waals surface area contributed by atoms with Gasteiger partial charge in [-0.2, -0.15) is 0 Å². The number of amides is 1. The van der Waals surface area contributed by atoms with Crippen molar-refractivity contribution < 1.29 is 24.5 Å². The molecule has 0 bridgehead atoms. The van der Waals surface area contributed by atoms with Crippen LogP contribution in [-0.4, -0.2) is 36.4 Å². The number of imidazole rings is 1. The molecule has 0 spiro atoms. The molecule has 12 nitrogen and oxygen atoms in total. The van der Waals surface area contributed by atoms with E-state index in [9.17, 15) is 34.9 Å². The number of hydrogen-bond acceptors (Lipinski definition) is 7. The minimum atomic E-state index is -0.976. The van der Waals surface area contributed by atoms with Crippen molar-refractivity contribution in [3.05, 3.63) is 104 Å². The van der Waals surface area contributed by atoms with Gasteiger partial charge in [-0.15, -0.1) is 0 Å². The fourth-order valence-corrected chi connectivity index (χ4v) is 3.72. The Labute approximate surface area is 196 Å². The topological polar surface area (TPSA) is 170 Å². The monoisotopic (exact) mass is 475 g/mol. The Kier molecular flexibility index (Phi) is 6.18. The molecular weight excluding hydrogens is 458 g/mol. The summed E-state index contributed by atoms with van der Waals surface area (Å²) in [4.78, 5) is 49.0. The average Bonchev–Trinajstić information content (AvgIpc) is 3.25. The van der Waals surface area contributed by atoms with E-state index in [0.29, 0.717) is 16.7 Å². The van der Waals surface area contributed by atoms with Crippen molar-refractivity contribution in [2.24, 2.45) is 0 Å². The number of non-ortho nitro benzene ring substituents is 2. The molecule has 4 aromatic rings. The third kappa shape index (κ3) is 4.95. The van der Waals surface area contributed by atoms with Crippen LogP contribution in [0.2, 0.25) is 0 Å². The first-order valence-corrected chi connectivity index (χ1v) is 10.2. The molecule has 0 aliphatic rings. The number of anilines is 1. The first kappa shape index (κ1) is 23.0. The summed E-state index contributed by atoms with van der Waals surface area (Å²) < 4.78 is 1.73. The van der Waals surface area contributed by atoms with Gasteiger partial charge >= 0.3 is 5.97 Å². The van der Waals surface area contributed by atoms with Gasteiger partial charge in [0.05, 0.1) is 51.3 Å². The van der Waals surface area contributed by atoms with E-state index >= 15 is 0 Å². The molecule has 1 atom stereocenters. The lowest BCUT2D eigenvalue weighted by Gasteiger charge is -2.18. The minimum Gasteiger partial charge on any atom is -0.481 e. The molecule has 4 rings (SSSR count). The molecule has 0 aliphatic heterocycles. The number of hydrogen-bond donors (Lipinski definition) is 2. The SMILES string of the molecule is O=C(O)CC(c1ccccc1)n1cnc2cc(NC(=O)c3cc([N+](=O)[O-])cc([N+](=O)[O-])c3)ccc21. The van der Waals surface area contributed by atoms with Crippen LogP contribution >= 0.6 is 0 Å². The Hall–Kier alpha value is -5.13. The summed E-state index contributed by atoms with van der Waals surface area (Å²) in [6, 6.07) is 16.1. The van der Waals surface area contributed by atoms with Crippen LogP contribution in [-0.2, 0) is 4.79 Å². The smallest absolute Gasteiger partial charge is 0.305 e. The lowest BCUT2D eigenvalue weighted by molar-refractivity contribution is -0.394. The third-order valence-electron chi connectivity index (χ3n) is 5.31. The molecule has 1 aromatic heterocycles. The van der Waals surface area contributed by atoms with Gasteiger partial charge in [0, 0.05) is 17.8 Å². The van der Waals surface area contributed by atoms with Crippen LogP contribution in [0.3, 0.4) is 0 Å². The number of aliphatic carboxylic acids is 1. The predicted molar refractivity (Wildman–Crippen MR) is 124 cm³/mol. The largest absolute Gasteiger partial charge is 0.481 e. The molecule has 3 aromatic carbocycles. The number of benzene rings is 3. The Morgan fingerprint density at radius 2 is 1.63 bits per heavy atom. The van der Waals surface area contributed by atoms with Crippen molar-refractivity contribution in [1.29, 1.82) is 0 Å². The van der Waals surface area contributed by atoms with Gasteiger partial charge < -0.3 is 15.0 Å². The molecule has 0 fully saturated rings. The van der Waals surface area contributed by atoms with E-state index in [1.807, 2.05) is 30.3 Å². The Morgan fingerprint density at radius 1 is 0.971 bits per heavy atom. The number of nitro groups is 2. The van der Waals surface area contributed by atoms with Crippen molar-refractivity contribution in [3.63, 3.8) is 0 Å². The van der Waals surface area contributed by atoms with E-state index in [4.69, 9.17) is 0 Å². The van der Waals surface area contributed by atoms with Crippen LogP contribution in [0.5, 0.6) is 0 Å². The van der Waals surface area contributed by atoms with Gasteiger partial charge in [-0.05, 0) is 23.8 Å². The highest BCUT2D eigenvalue weighted by Gasteiger charge is 2.22. The summed E-state index contributed by atoms with van der Waals surface area (Å²) in [6.45, 7) is 0. The summed E-state index contributed by atoms with van der Waals surface area (Å²) in [5.41, 5.74) is 0.786. The molecule has 0 saturated carbocycles. The molecule has 1 amide bonds. The van der Waals surface area contributed by atoms with E-state index in [0.717, 1.165) is 23.8 Å². The van der Waals surface area contributed by atoms with Crippen LogP contribution in [0, 0.1) is 20.2 Å². The fourth-order valence-electron chi connectivity index (χ4n) is 3.72.